The molecule has 0 spiro atoms. The van der Waals surface area contributed by atoms with Crippen molar-refractivity contribution in [2.24, 2.45) is 5.14 Å². The number of carbonyl (C=O) groups is 2. The van der Waals surface area contributed by atoms with Crippen LogP contribution in [0.3, 0.4) is 0 Å². The van der Waals surface area contributed by atoms with Crippen LogP contribution in [0.1, 0.15) is 33.2 Å². The summed E-state index contributed by atoms with van der Waals surface area (Å²) in [4.78, 5) is 25.1. The zero-order chi connectivity index (χ0) is 18.4. The Balaban J connectivity index is 2.17. The molecule has 0 saturated carbocycles. The van der Waals surface area contributed by atoms with Crippen molar-refractivity contribution >= 4 is 21.6 Å². The summed E-state index contributed by atoms with van der Waals surface area (Å²) < 4.78 is 37.0. The highest BCUT2D eigenvalue weighted by molar-refractivity contribution is 7.89. The molecule has 0 unspecified atom stereocenters. The molecule has 2 aromatic rings. The van der Waals surface area contributed by atoms with Gasteiger partial charge in [-0.2, -0.15) is 0 Å². The molecule has 2 aromatic carbocycles. The van der Waals surface area contributed by atoms with Gasteiger partial charge < -0.3 is 0 Å². The van der Waals surface area contributed by atoms with E-state index in [1.807, 2.05) is 0 Å². The molecule has 0 amide bonds. The fourth-order valence-corrected chi connectivity index (χ4v) is 3.67. The number of rotatable bonds is 3. The maximum Gasteiger partial charge on any atom is 0.238 e. The molecule has 3 rings (SSSR count). The molecule has 25 heavy (non-hydrogen) atoms. The number of fused-ring (bicyclic) bond motifs is 1. The number of nitrogens with two attached hydrogens (primary N) is 1. The van der Waals surface area contributed by atoms with Crippen LogP contribution in [0.4, 0.5) is 4.39 Å². The molecule has 7 heteroatoms. The van der Waals surface area contributed by atoms with Crippen LogP contribution >= 0.6 is 0 Å². The number of primary sulfonamides is 1. The second-order valence-corrected chi connectivity index (χ2v) is 7.32. The molecule has 0 atom stereocenters. The predicted molar refractivity (Wildman–Crippen MR) is 89.3 cm³/mol. The Bertz CT molecular complexity index is 1050. The molecular weight excluding hydrogens is 345 g/mol. The fraction of sp³-hybridized carbons (Fsp3) is 0.111. The highest BCUT2D eigenvalue weighted by Crippen LogP contribution is 2.32. The number of allylic oxidation sites excluding steroid dienone is 2. The third kappa shape index (κ3) is 3.04. The van der Waals surface area contributed by atoms with Crippen molar-refractivity contribution in [3.8, 4) is 0 Å². The molecule has 2 N–H and O–H groups in total. The van der Waals surface area contributed by atoms with E-state index in [0.717, 1.165) is 0 Å². The third-order valence-corrected chi connectivity index (χ3v) is 5.09. The maximum absolute atomic E-state index is 13.4. The quantitative estimate of drug-likeness (QED) is 0.910. The summed E-state index contributed by atoms with van der Waals surface area (Å²) in [5.74, 6) is -1.48. The van der Waals surface area contributed by atoms with E-state index in [0.29, 0.717) is 5.56 Å². The fourth-order valence-electron chi connectivity index (χ4n) is 2.92. The number of halogens is 1. The number of Topliss-reactive ketones (excluding diaryl/α,β-unsaturated/α-hetero) is 2. The molecule has 0 radical (unpaired) electrons. The topological polar surface area (TPSA) is 94.3 Å². The van der Waals surface area contributed by atoms with Gasteiger partial charge in [0.15, 0.2) is 11.6 Å². The second kappa shape index (κ2) is 6.02. The Morgan fingerprint density at radius 3 is 2.36 bits per heavy atom. The lowest BCUT2D eigenvalue weighted by atomic mass is 9.82. The van der Waals surface area contributed by atoms with Gasteiger partial charge in [-0.15, -0.1) is 0 Å². The summed E-state index contributed by atoms with van der Waals surface area (Å²) in [6, 6.07) is 9.62. The molecule has 5 nitrogen and oxygen atoms in total. The third-order valence-electron chi connectivity index (χ3n) is 4.14. The molecule has 128 valence electrons. The standard InChI is InChI=1S/C18H14FNO4S/c1-10-14(9-11-4-2-5-12(19)8-11)18(22)16-13(17(10)21)6-3-7-15(16)25(20,23)24/h2-8H,9H2,1H3,(H2,20,23,24). The number of sulfonamides is 1. The van der Waals surface area contributed by atoms with E-state index < -0.39 is 27.4 Å². The van der Waals surface area contributed by atoms with Gasteiger partial charge in [0.2, 0.25) is 10.0 Å². The van der Waals surface area contributed by atoms with Crippen LogP contribution in [0.5, 0.6) is 0 Å². The molecule has 0 saturated heterocycles. The van der Waals surface area contributed by atoms with E-state index in [-0.39, 0.29) is 33.6 Å². The Morgan fingerprint density at radius 1 is 1.04 bits per heavy atom. The lowest BCUT2D eigenvalue weighted by Crippen LogP contribution is -2.26. The number of benzene rings is 2. The second-order valence-electron chi connectivity index (χ2n) is 5.79. The van der Waals surface area contributed by atoms with E-state index in [4.69, 9.17) is 5.14 Å². The first-order valence-electron chi connectivity index (χ1n) is 7.39. The highest BCUT2D eigenvalue weighted by atomic mass is 32.2. The molecule has 0 aromatic heterocycles. The molecule has 0 bridgehead atoms. The minimum Gasteiger partial charge on any atom is -0.289 e. The molecule has 1 aliphatic carbocycles. The van der Waals surface area contributed by atoms with Crippen molar-refractivity contribution in [3.05, 3.63) is 76.1 Å². The van der Waals surface area contributed by atoms with Gasteiger partial charge in [0.05, 0.1) is 10.5 Å². The zero-order valence-corrected chi connectivity index (χ0v) is 14.1. The van der Waals surface area contributed by atoms with Gasteiger partial charge in [-0.3, -0.25) is 9.59 Å². The summed E-state index contributed by atoms with van der Waals surface area (Å²) in [5.41, 5.74) is 0.656. The van der Waals surface area contributed by atoms with E-state index in [1.54, 1.807) is 6.07 Å². The monoisotopic (exact) mass is 359 g/mol. The molecule has 0 aliphatic heterocycles. The normalized spacial score (nSPS) is 14.7. The SMILES string of the molecule is CC1=C(Cc2cccc(F)c2)C(=O)c2c(cccc2S(N)(=O)=O)C1=O. The largest absolute Gasteiger partial charge is 0.289 e. The van der Waals surface area contributed by atoms with Crippen LogP contribution < -0.4 is 5.14 Å². The number of carbonyl (C=O) groups excluding carboxylic acids is 2. The molecule has 0 fully saturated rings. The predicted octanol–water partition coefficient (Wildman–Crippen LogP) is 2.41. The summed E-state index contributed by atoms with van der Waals surface area (Å²) in [5, 5.41) is 5.18. The van der Waals surface area contributed by atoms with Crippen molar-refractivity contribution in [2.45, 2.75) is 18.2 Å². The Labute approximate surface area is 144 Å². The van der Waals surface area contributed by atoms with Crippen LogP contribution in [0, 0.1) is 5.82 Å². The molecular formula is C18H14FNO4S. The lowest BCUT2D eigenvalue weighted by molar-refractivity contribution is 0.0970. The average molecular weight is 359 g/mol. The smallest absolute Gasteiger partial charge is 0.238 e. The van der Waals surface area contributed by atoms with Crippen molar-refractivity contribution in [3.63, 3.8) is 0 Å². The van der Waals surface area contributed by atoms with Gasteiger partial charge in [-0.25, -0.2) is 17.9 Å². The van der Waals surface area contributed by atoms with Gasteiger partial charge in [0.25, 0.3) is 0 Å². The highest BCUT2D eigenvalue weighted by Gasteiger charge is 2.34. The summed E-state index contributed by atoms with van der Waals surface area (Å²) >= 11 is 0. The summed E-state index contributed by atoms with van der Waals surface area (Å²) in [6.07, 6.45) is 0.0204. The summed E-state index contributed by atoms with van der Waals surface area (Å²) in [7, 11) is -4.18. The van der Waals surface area contributed by atoms with E-state index in [2.05, 4.69) is 0 Å². The van der Waals surface area contributed by atoms with E-state index in [1.165, 1.54) is 43.3 Å². The van der Waals surface area contributed by atoms with Crippen molar-refractivity contribution in [2.75, 3.05) is 0 Å². The van der Waals surface area contributed by atoms with Crippen LogP contribution in [-0.4, -0.2) is 20.0 Å². The maximum atomic E-state index is 13.4. The zero-order valence-electron chi connectivity index (χ0n) is 13.2. The van der Waals surface area contributed by atoms with Crippen molar-refractivity contribution in [1.82, 2.24) is 0 Å². The van der Waals surface area contributed by atoms with Gasteiger partial charge >= 0.3 is 0 Å². The summed E-state index contributed by atoms with van der Waals surface area (Å²) in [6.45, 7) is 1.50. The van der Waals surface area contributed by atoms with Crippen molar-refractivity contribution < 1.29 is 22.4 Å². The number of hydrogen-bond acceptors (Lipinski definition) is 4. The Kier molecular flexibility index (Phi) is 4.14. The number of hydrogen-bond donors (Lipinski definition) is 1. The first kappa shape index (κ1) is 17.2. The van der Waals surface area contributed by atoms with Gasteiger partial charge in [0.1, 0.15) is 5.82 Å². The van der Waals surface area contributed by atoms with Crippen LogP contribution in [0.15, 0.2) is 58.5 Å². The lowest BCUT2D eigenvalue weighted by Gasteiger charge is -2.21. The van der Waals surface area contributed by atoms with Gasteiger partial charge in [-0.1, -0.05) is 24.3 Å². The Morgan fingerprint density at radius 2 is 1.72 bits per heavy atom. The first-order chi connectivity index (χ1) is 11.7. The first-order valence-corrected chi connectivity index (χ1v) is 8.94. The minimum atomic E-state index is -4.18. The van der Waals surface area contributed by atoms with Gasteiger partial charge in [0, 0.05) is 23.1 Å². The Hall–Kier alpha value is -2.64. The molecule has 0 heterocycles. The number of ketones is 2. The molecule has 1 aliphatic rings. The van der Waals surface area contributed by atoms with Crippen LogP contribution in [0.2, 0.25) is 0 Å². The van der Waals surface area contributed by atoms with E-state index in [9.17, 15) is 22.4 Å². The van der Waals surface area contributed by atoms with E-state index >= 15 is 0 Å². The minimum absolute atomic E-state index is 0.0111. The van der Waals surface area contributed by atoms with Gasteiger partial charge in [-0.05, 0) is 30.7 Å². The van der Waals surface area contributed by atoms with Crippen molar-refractivity contribution in [1.29, 1.82) is 0 Å². The van der Waals surface area contributed by atoms with Crippen LogP contribution in [-0.2, 0) is 16.4 Å². The average Bonchev–Trinajstić information content (AvgIpc) is 2.55. The van der Waals surface area contributed by atoms with Crippen LogP contribution in [0.25, 0.3) is 0 Å².